The Morgan fingerprint density at radius 3 is 1.02 bits per heavy atom. The lowest BCUT2D eigenvalue weighted by Gasteiger charge is -2.34. The van der Waals surface area contributed by atoms with Gasteiger partial charge in [0.25, 0.3) is 0 Å². The molecule has 1 spiro atoms. The number of para-hydroxylation sites is 2. The standard InChI is InChI=1S/C77H56N2S/c1-75(2)64-34-20-17-31-57(64)59-41-37-53(45-67(59)75)78(51-27-13-7-14-28-51)55-39-43-61-62-44-40-56(79(52-29-15-8-16-30-52)54-38-42-60-58-32-18-21-35-65(58)76(3,4)68(60)46-54)48-70(62)77(69(61)47-55)66-36-22-19-33-63(66)71-72(77)74(50-25-11-6-12-26-50)80-73(71)49-23-9-5-10-24-49/h5-48H,1-4H3. The fraction of sp³-hybridized carbons (Fsp3) is 0.0909. The van der Waals surface area contributed by atoms with E-state index in [2.05, 4.69) is 304 Å². The zero-order valence-electron chi connectivity index (χ0n) is 45.2. The summed E-state index contributed by atoms with van der Waals surface area (Å²) in [5.74, 6) is 0. The lowest BCUT2D eigenvalue weighted by molar-refractivity contribution is 0.660. The highest BCUT2D eigenvalue weighted by Crippen LogP contribution is 2.69. The first-order valence-corrected chi connectivity index (χ1v) is 28.9. The van der Waals surface area contributed by atoms with E-state index in [1.165, 1.54) is 110 Å². The molecular formula is C77H56N2S. The van der Waals surface area contributed by atoms with Crippen LogP contribution in [0, 0.1) is 0 Å². The van der Waals surface area contributed by atoms with E-state index in [0.717, 1.165) is 34.1 Å². The molecule has 1 aromatic heterocycles. The second kappa shape index (κ2) is 17.4. The van der Waals surface area contributed by atoms with Crippen molar-refractivity contribution in [1.82, 2.24) is 0 Å². The maximum absolute atomic E-state index is 2.56. The maximum atomic E-state index is 2.56. The molecule has 0 fully saturated rings. The van der Waals surface area contributed by atoms with Gasteiger partial charge in [0.05, 0.1) is 5.41 Å². The zero-order chi connectivity index (χ0) is 53.5. The van der Waals surface area contributed by atoms with E-state index in [-0.39, 0.29) is 10.8 Å². The number of fused-ring (bicyclic) bond motifs is 16. The lowest BCUT2D eigenvalue weighted by atomic mass is 9.70. The molecule has 0 atom stereocenters. The van der Waals surface area contributed by atoms with E-state index in [1.807, 2.05) is 11.3 Å². The van der Waals surface area contributed by atoms with Gasteiger partial charge in [-0.05, 0) is 167 Å². The number of hydrogen-bond donors (Lipinski definition) is 0. The summed E-state index contributed by atoms with van der Waals surface area (Å²) in [6.07, 6.45) is 0. The highest BCUT2D eigenvalue weighted by molar-refractivity contribution is 7.19. The first-order valence-electron chi connectivity index (χ1n) is 28.1. The molecule has 11 aromatic carbocycles. The highest BCUT2D eigenvalue weighted by Gasteiger charge is 2.55. The summed E-state index contributed by atoms with van der Waals surface area (Å²) >= 11 is 1.94. The van der Waals surface area contributed by atoms with Gasteiger partial charge in [-0.15, -0.1) is 11.3 Å². The fourth-order valence-corrected chi connectivity index (χ4v) is 16.0. The van der Waals surface area contributed by atoms with Crippen LogP contribution in [0.3, 0.4) is 0 Å². The van der Waals surface area contributed by atoms with Gasteiger partial charge in [0.15, 0.2) is 0 Å². The number of thiophene rings is 1. The molecule has 0 saturated carbocycles. The Balaban J connectivity index is 0.975. The summed E-state index contributed by atoms with van der Waals surface area (Å²) in [5.41, 5.74) is 29.3. The summed E-state index contributed by atoms with van der Waals surface area (Å²) in [4.78, 5) is 7.59. The van der Waals surface area contributed by atoms with Crippen molar-refractivity contribution in [1.29, 1.82) is 0 Å². The number of hydrogen-bond acceptors (Lipinski definition) is 3. The second-order valence-corrected chi connectivity index (χ2v) is 24.2. The molecule has 0 amide bonds. The summed E-state index contributed by atoms with van der Waals surface area (Å²) in [7, 11) is 0. The summed E-state index contributed by atoms with van der Waals surface area (Å²) in [6.45, 7) is 9.52. The van der Waals surface area contributed by atoms with Crippen molar-refractivity contribution in [3.8, 4) is 65.4 Å². The Morgan fingerprint density at radius 2 is 0.588 bits per heavy atom. The number of benzene rings is 11. The SMILES string of the molecule is CC1(C)c2ccccc2-c2ccc(N(c3ccccc3)c3ccc4c(c3)C3(c5cc(N(c6ccccc6)c6ccc7c(c6)C(C)(C)c6ccccc6-7)ccc5-4)c4ccccc4-c4c(-c5ccccc5)sc(-c5ccccc5)c43)cc21. The molecule has 3 heteroatoms. The summed E-state index contributed by atoms with van der Waals surface area (Å²) in [6, 6.07) is 101. The Bertz CT molecular complexity index is 4270. The van der Waals surface area contributed by atoms with Gasteiger partial charge >= 0.3 is 0 Å². The molecule has 1 heterocycles. The zero-order valence-corrected chi connectivity index (χ0v) is 46.0. The number of anilines is 6. The molecule has 0 saturated heterocycles. The van der Waals surface area contributed by atoms with Gasteiger partial charge in [-0.25, -0.2) is 0 Å². The number of nitrogens with zero attached hydrogens (tertiary/aromatic N) is 2. The van der Waals surface area contributed by atoms with Crippen molar-refractivity contribution in [2.45, 2.75) is 43.9 Å². The molecule has 380 valence electrons. The third kappa shape index (κ3) is 6.53. The number of rotatable bonds is 8. The molecule has 80 heavy (non-hydrogen) atoms. The topological polar surface area (TPSA) is 6.48 Å². The third-order valence-electron chi connectivity index (χ3n) is 18.3. The van der Waals surface area contributed by atoms with Crippen LogP contribution in [-0.4, -0.2) is 0 Å². The van der Waals surface area contributed by atoms with Gasteiger partial charge in [-0.3, -0.25) is 0 Å². The monoisotopic (exact) mass is 1040 g/mol. The molecule has 0 unspecified atom stereocenters. The van der Waals surface area contributed by atoms with Crippen molar-refractivity contribution in [3.63, 3.8) is 0 Å². The average Bonchev–Trinajstić information content (AvgIpc) is 2.94. The minimum Gasteiger partial charge on any atom is -0.310 e. The van der Waals surface area contributed by atoms with E-state index < -0.39 is 5.41 Å². The first-order chi connectivity index (χ1) is 39.2. The van der Waals surface area contributed by atoms with Crippen molar-refractivity contribution < 1.29 is 0 Å². The van der Waals surface area contributed by atoms with Gasteiger partial charge in [0.2, 0.25) is 0 Å². The molecule has 4 aliphatic carbocycles. The van der Waals surface area contributed by atoms with Crippen LogP contribution in [0.4, 0.5) is 34.1 Å². The normalized spacial score (nSPS) is 14.6. The van der Waals surface area contributed by atoms with E-state index in [4.69, 9.17) is 0 Å². The Hall–Kier alpha value is -9.28. The van der Waals surface area contributed by atoms with Gasteiger partial charge < -0.3 is 9.80 Å². The van der Waals surface area contributed by atoms with Crippen LogP contribution < -0.4 is 9.80 Å². The van der Waals surface area contributed by atoms with E-state index >= 15 is 0 Å². The molecule has 2 nitrogen and oxygen atoms in total. The van der Waals surface area contributed by atoms with Crippen LogP contribution in [-0.2, 0) is 16.2 Å². The Morgan fingerprint density at radius 1 is 0.263 bits per heavy atom. The van der Waals surface area contributed by atoms with Crippen molar-refractivity contribution in [2.75, 3.05) is 9.80 Å². The van der Waals surface area contributed by atoms with Gasteiger partial charge in [-0.2, -0.15) is 0 Å². The first kappa shape index (κ1) is 46.8. The summed E-state index contributed by atoms with van der Waals surface area (Å²) < 4.78 is 0. The predicted molar refractivity (Wildman–Crippen MR) is 336 cm³/mol. The average molecular weight is 1040 g/mol. The van der Waals surface area contributed by atoms with E-state index in [0.29, 0.717) is 0 Å². The van der Waals surface area contributed by atoms with Crippen LogP contribution in [0.15, 0.2) is 267 Å². The molecule has 0 N–H and O–H groups in total. The van der Waals surface area contributed by atoms with Crippen molar-refractivity contribution in [2.24, 2.45) is 0 Å². The largest absolute Gasteiger partial charge is 0.310 e. The lowest BCUT2D eigenvalue weighted by Crippen LogP contribution is -2.27. The summed E-state index contributed by atoms with van der Waals surface area (Å²) in [5, 5.41) is 0. The van der Waals surface area contributed by atoms with Crippen molar-refractivity contribution in [3.05, 3.63) is 311 Å². The van der Waals surface area contributed by atoms with Gasteiger partial charge in [-0.1, -0.05) is 222 Å². The quantitative estimate of drug-likeness (QED) is 0.150. The van der Waals surface area contributed by atoms with Gasteiger partial charge in [0, 0.05) is 60.3 Å². The molecule has 4 aliphatic rings. The minimum atomic E-state index is -0.717. The smallest absolute Gasteiger partial charge is 0.0741 e. The molecule has 0 radical (unpaired) electrons. The molecular weight excluding hydrogens is 985 g/mol. The molecule has 16 rings (SSSR count). The third-order valence-corrected chi connectivity index (χ3v) is 19.5. The predicted octanol–water partition coefficient (Wildman–Crippen LogP) is 21.0. The maximum Gasteiger partial charge on any atom is 0.0741 e. The van der Waals surface area contributed by atoms with E-state index in [1.54, 1.807) is 0 Å². The second-order valence-electron chi connectivity index (χ2n) is 23.1. The Labute approximate surface area is 473 Å². The van der Waals surface area contributed by atoms with E-state index in [9.17, 15) is 0 Å². The van der Waals surface area contributed by atoms with Crippen molar-refractivity contribution >= 4 is 45.5 Å². The fourth-order valence-electron chi connectivity index (χ4n) is 14.6. The molecule has 12 aromatic rings. The molecule has 0 aliphatic heterocycles. The molecule has 0 bridgehead atoms. The highest BCUT2D eigenvalue weighted by atomic mass is 32.1. The van der Waals surface area contributed by atoms with Crippen LogP contribution in [0.5, 0.6) is 0 Å². The van der Waals surface area contributed by atoms with Crippen LogP contribution in [0.2, 0.25) is 0 Å². The Kier molecular flexibility index (Phi) is 10.2. The van der Waals surface area contributed by atoms with Gasteiger partial charge in [0.1, 0.15) is 0 Å². The van der Waals surface area contributed by atoms with Crippen LogP contribution in [0.25, 0.3) is 65.4 Å². The van der Waals surface area contributed by atoms with Crippen LogP contribution in [0.1, 0.15) is 72.2 Å². The van der Waals surface area contributed by atoms with Crippen LogP contribution >= 0.6 is 11.3 Å². The minimum absolute atomic E-state index is 0.159.